The SMILES string of the molecule is O=C(C1CC1)N1CCc2cc(Br)cc(S(=O)(=O)NC3CCCC3)c21. The van der Waals surface area contributed by atoms with Crippen molar-refractivity contribution in [1.82, 2.24) is 4.72 Å². The smallest absolute Gasteiger partial charge is 0.242 e. The second-order valence-corrected chi connectivity index (χ2v) is 9.63. The fraction of sp³-hybridized carbons (Fsp3) is 0.588. The van der Waals surface area contributed by atoms with Crippen LogP contribution in [0.25, 0.3) is 0 Å². The molecule has 3 aliphatic rings. The summed E-state index contributed by atoms with van der Waals surface area (Å²) in [7, 11) is -3.64. The molecule has 130 valence electrons. The summed E-state index contributed by atoms with van der Waals surface area (Å²) < 4.78 is 29.6. The first kappa shape index (κ1) is 16.5. The summed E-state index contributed by atoms with van der Waals surface area (Å²) in [6, 6.07) is 3.58. The Morgan fingerprint density at radius 1 is 1.17 bits per heavy atom. The fourth-order valence-corrected chi connectivity index (χ4v) is 6.01. The Morgan fingerprint density at radius 3 is 2.54 bits per heavy atom. The van der Waals surface area contributed by atoms with Crippen LogP contribution in [0.1, 0.15) is 44.1 Å². The topological polar surface area (TPSA) is 66.5 Å². The maximum Gasteiger partial charge on any atom is 0.242 e. The van der Waals surface area contributed by atoms with E-state index in [2.05, 4.69) is 20.7 Å². The van der Waals surface area contributed by atoms with Crippen LogP contribution in [0.4, 0.5) is 5.69 Å². The molecule has 1 aliphatic heterocycles. The standard InChI is InChI=1S/C17H21BrN2O3S/c18-13-9-12-7-8-20(17(21)11-5-6-11)16(12)15(10-13)24(22,23)19-14-3-1-2-4-14/h9-11,14,19H,1-8H2. The molecule has 0 radical (unpaired) electrons. The third kappa shape index (κ3) is 3.02. The van der Waals surface area contributed by atoms with E-state index in [0.717, 1.165) is 48.6 Å². The van der Waals surface area contributed by atoms with E-state index in [1.54, 1.807) is 11.0 Å². The van der Waals surface area contributed by atoms with E-state index in [1.165, 1.54) is 0 Å². The Kier molecular flexibility index (Phi) is 4.21. The lowest BCUT2D eigenvalue weighted by atomic mass is 10.2. The van der Waals surface area contributed by atoms with Crippen molar-refractivity contribution in [2.24, 2.45) is 5.92 Å². The average Bonchev–Trinajstić information content (AvgIpc) is 3.11. The van der Waals surface area contributed by atoms with Gasteiger partial charge in [-0.15, -0.1) is 0 Å². The summed E-state index contributed by atoms with van der Waals surface area (Å²) in [6.07, 6.45) is 6.46. The van der Waals surface area contributed by atoms with Crippen molar-refractivity contribution in [3.63, 3.8) is 0 Å². The largest absolute Gasteiger partial charge is 0.310 e. The predicted octanol–water partition coefficient (Wildman–Crippen LogP) is 2.97. The number of nitrogens with zero attached hydrogens (tertiary/aromatic N) is 1. The normalized spacial score (nSPS) is 21.3. The van der Waals surface area contributed by atoms with Crippen LogP contribution in [0.15, 0.2) is 21.5 Å². The van der Waals surface area contributed by atoms with Crippen molar-refractivity contribution in [3.8, 4) is 0 Å². The summed E-state index contributed by atoms with van der Waals surface area (Å²) in [6.45, 7) is 0.576. The highest BCUT2D eigenvalue weighted by Gasteiger charge is 2.39. The average molecular weight is 413 g/mol. The van der Waals surface area contributed by atoms with Gasteiger partial charge in [-0.25, -0.2) is 13.1 Å². The molecule has 5 nitrogen and oxygen atoms in total. The molecule has 7 heteroatoms. The molecule has 1 aromatic carbocycles. The van der Waals surface area contributed by atoms with Gasteiger partial charge < -0.3 is 4.90 Å². The Hall–Kier alpha value is -0.920. The summed E-state index contributed by atoms with van der Waals surface area (Å²) in [4.78, 5) is 14.5. The van der Waals surface area contributed by atoms with Crippen LogP contribution in [-0.4, -0.2) is 26.9 Å². The quantitative estimate of drug-likeness (QED) is 0.826. The highest BCUT2D eigenvalue weighted by molar-refractivity contribution is 9.10. The van der Waals surface area contributed by atoms with E-state index in [-0.39, 0.29) is 22.8 Å². The highest BCUT2D eigenvalue weighted by atomic mass is 79.9. The molecule has 2 fully saturated rings. The number of halogens is 1. The second-order valence-electron chi connectivity index (χ2n) is 7.03. The van der Waals surface area contributed by atoms with Crippen molar-refractivity contribution in [3.05, 3.63) is 22.2 Å². The highest BCUT2D eigenvalue weighted by Crippen LogP contribution is 2.41. The van der Waals surface area contributed by atoms with E-state index in [4.69, 9.17) is 0 Å². The number of fused-ring (bicyclic) bond motifs is 1. The Balaban J connectivity index is 1.73. The van der Waals surface area contributed by atoms with Crippen LogP contribution in [0.3, 0.4) is 0 Å². The van der Waals surface area contributed by atoms with E-state index in [9.17, 15) is 13.2 Å². The molecule has 1 amide bonds. The molecule has 0 atom stereocenters. The van der Waals surface area contributed by atoms with Gasteiger partial charge in [0.1, 0.15) is 4.90 Å². The molecule has 0 bridgehead atoms. The van der Waals surface area contributed by atoms with Gasteiger partial charge in [-0.2, -0.15) is 0 Å². The van der Waals surface area contributed by atoms with Crippen LogP contribution in [0.2, 0.25) is 0 Å². The number of hydrogen-bond acceptors (Lipinski definition) is 3. The number of nitrogens with one attached hydrogen (secondary N) is 1. The van der Waals surface area contributed by atoms with E-state index in [0.29, 0.717) is 18.7 Å². The maximum atomic E-state index is 13.0. The molecule has 1 N–H and O–H groups in total. The van der Waals surface area contributed by atoms with E-state index >= 15 is 0 Å². The van der Waals surface area contributed by atoms with Gasteiger partial charge in [0.05, 0.1) is 5.69 Å². The molecule has 0 aromatic heterocycles. The first-order valence-corrected chi connectivity index (χ1v) is 10.9. The molecule has 1 aromatic rings. The fourth-order valence-electron chi connectivity index (χ4n) is 3.77. The molecule has 0 saturated heterocycles. The molecule has 0 unspecified atom stereocenters. The molecular formula is C17H21BrN2O3S. The first-order chi connectivity index (χ1) is 11.5. The lowest BCUT2D eigenvalue weighted by Gasteiger charge is -2.22. The molecule has 1 heterocycles. The van der Waals surface area contributed by atoms with Gasteiger partial charge >= 0.3 is 0 Å². The lowest BCUT2D eigenvalue weighted by molar-refractivity contribution is -0.119. The minimum absolute atomic E-state index is 0.0126. The van der Waals surface area contributed by atoms with Crippen molar-refractivity contribution in [1.29, 1.82) is 0 Å². The van der Waals surface area contributed by atoms with Gasteiger partial charge in [0.2, 0.25) is 15.9 Å². The van der Waals surface area contributed by atoms with Crippen molar-refractivity contribution in [2.45, 2.75) is 55.9 Å². The predicted molar refractivity (Wildman–Crippen MR) is 95.5 cm³/mol. The van der Waals surface area contributed by atoms with Crippen LogP contribution < -0.4 is 9.62 Å². The van der Waals surface area contributed by atoms with Crippen LogP contribution in [0, 0.1) is 5.92 Å². The number of amides is 1. The summed E-state index contributed by atoms with van der Waals surface area (Å²) in [5.74, 6) is 0.159. The molecule has 2 saturated carbocycles. The van der Waals surface area contributed by atoms with Crippen molar-refractivity contribution < 1.29 is 13.2 Å². The number of carbonyl (C=O) groups is 1. The molecule has 24 heavy (non-hydrogen) atoms. The van der Waals surface area contributed by atoms with Crippen molar-refractivity contribution in [2.75, 3.05) is 11.4 Å². The minimum Gasteiger partial charge on any atom is -0.310 e. The van der Waals surface area contributed by atoms with Crippen molar-refractivity contribution >= 4 is 37.5 Å². The van der Waals surface area contributed by atoms with Gasteiger partial charge in [0, 0.05) is 23.0 Å². The van der Waals surface area contributed by atoms with Gasteiger partial charge in [0.25, 0.3) is 0 Å². The van der Waals surface area contributed by atoms with E-state index in [1.807, 2.05) is 6.07 Å². The van der Waals surface area contributed by atoms with Crippen LogP contribution in [0.5, 0.6) is 0 Å². The monoisotopic (exact) mass is 412 g/mol. The number of hydrogen-bond donors (Lipinski definition) is 1. The Morgan fingerprint density at radius 2 is 1.88 bits per heavy atom. The number of carbonyl (C=O) groups excluding carboxylic acids is 1. The first-order valence-electron chi connectivity index (χ1n) is 8.62. The number of rotatable bonds is 4. The second kappa shape index (κ2) is 6.11. The molecule has 4 rings (SSSR count). The van der Waals surface area contributed by atoms with E-state index < -0.39 is 10.0 Å². The zero-order chi connectivity index (χ0) is 16.9. The third-order valence-electron chi connectivity index (χ3n) is 5.15. The summed E-state index contributed by atoms with van der Waals surface area (Å²) >= 11 is 3.42. The third-order valence-corrected chi connectivity index (χ3v) is 7.14. The summed E-state index contributed by atoms with van der Waals surface area (Å²) in [5.41, 5.74) is 1.53. The lowest BCUT2D eigenvalue weighted by Crippen LogP contribution is -2.35. The van der Waals surface area contributed by atoms with Gasteiger partial charge in [-0.1, -0.05) is 28.8 Å². The zero-order valence-corrected chi connectivity index (χ0v) is 15.8. The molecular weight excluding hydrogens is 392 g/mol. The zero-order valence-electron chi connectivity index (χ0n) is 13.4. The van der Waals surface area contributed by atoms with Gasteiger partial charge in [-0.3, -0.25) is 4.79 Å². The molecule has 0 spiro atoms. The molecule has 2 aliphatic carbocycles. The van der Waals surface area contributed by atoms with Crippen LogP contribution >= 0.6 is 15.9 Å². The Bertz CT molecular complexity index is 783. The Labute approximate surface area is 151 Å². The number of sulfonamides is 1. The summed E-state index contributed by atoms with van der Waals surface area (Å²) in [5, 5.41) is 0. The minimum atomic E-state index is -3.64. The number of anilines is 1. The van der Waals surface area contributed by atoms with Crippen LogP contribution in [-0.2, 0) is 21.2 Å². The van der Waals surface area contributed by atoms with Gasteiger partial charge in [-0.05, 0) is 49.8 Å². The number of benzene rings is 1. The maximum absolute atomic E-state index is 13.0. The van der Waals surface area contributed by atoms with Gasteiger partial charge in [0.15, 0.2) is 0 Å².